The molecule has 0 fully saturated rings. The number of carbonyl (C=O) groups is 1. The molecule has 0 unspecified atom stereocenters. The van der Waals surface area contributed by atoms with Gasteiger partial charge in [0.2, 0.25) is 15.7 Å². The van der Waals surface area contributed by atoms with Gasteiger partial charge in [0.25, 0.3) is 0 Å². The van der Waals surface area contributed by atoms with Crippen LogP contribution in [0.25, 0.3) is 0 Å². The third-order valence-corrected chi connectivity index (χ3v) is 7.55. The van der Waals surface area contributed by atoms with Crippen molar-refractivity contribution < 1.29 is 13.2 Å². The number of carbonyl (C=O) groups excluding carboxylic acids is 1. The van der Waals surface area contributed by atoms with E-state index in [2.05, 4.69) is 15.3 Å². The number of nitrogen functional groups attached to an aromatic ring is 1. The van der Waals surface area contributed by atoms with Crippen molar-refractivity contribution in [3.05, 3.63) is 53.0 Å². The smallest absolute Gasteiger partial charge is 0.234 e. The molecule has 27 heavy (non-hydrogen) atoms. The van der Waals surface area contributed by atoms with E-state index in [4.69, 9.17) is 17.3 Å². The van der Waals surface area contributed by atoms with Gasteiger partial charge in [0.15, 0.2) is 5.16 Å². The van der Waals surface area contributed by atoms with Crippen molar-refractivity contribution in [2.24, 2.45) is 0 Å². The minimum absolute atomic E-state index is 0.0408. The molecule has 3 rings (SSSR count). The van der Waals surface area contributed by atoms with E-state index in [-0.39, 0.29) is 31.7 Å². The largest absolute Gasteiger partial charge is 0.382 e. The zero-order valence-corrected chi connectivity index (χ0v) is 16.8. The maximum Gasteiger partial charge on any atom is 0.234 e. The Labute approximate surface area is 168 Å². The van der Waals surface area contributed by atoms with Gasteiger partial charge in [-0.25, -0.2) is 18.4 Å². The molecule has 0 saturated carbocycles. The summed E-state index contributed by atoms with van der Waals surface area (Å²) in [6.45, 7) is 0. The van der Waals surface area contributed by atoms with Gasteiger partial charge in [0.1, 0.15) is 14.9 Å². The van der Waals surface area contributed by atoms with Gasteiger partial charge < -0.3 is 11.1 Å². The monoisotopic (exact) mass is 440 g/mol. The Morgan fingerprint density at radius 1 is 1.26 bits per heavy atom. The molecule has 0 atom stereocenters. The summed E-state index contributed by atoms with van der Waals surface area (Å²) in [5, 5.41) is 5.15. The molecule has 0 radical (unpaired) electrons. The highest BCUT2D eigenvalue weighted by Gasteiger charge is 2.23. The molecule has 3 aromatic rings. The van der Waals surface area contributed by atoms with E-state index in [1.165, 1.54) is 6.07 Å². The number of nitrogens with one attached hydrogen (secondary N) is 1. The molecule has 1 amide bonds. The van der Waals surface area contributed by atoms with Crippen LogP contribution in [0.2, 0.25) is 5.02 Å². The number of rotatable bonds is 6. The molecule has 0 saturated heterocycles. The molecular formula is C16H13ClN4O3S3. The Hall–Kier alpha value is -2.14. The Balaban J connectivity index is 1.66. The fraction of sp³-hybridized carbons (Fsp3) is 0.0625. The van der Waals surface area contributed by atoms with Crippen LogP contribution >= 0.6 is 34.7 Å². The molecule has 3 N–H and O–H groups in total. The molecule has 0 aliphatic rings. The summed E-state index contributed by atoms with van der Waals surface area (Å²) in [6, 6.07) is 9.83. The molecule has 2 aromatic heterocycles. The number of anilines is 2. The number of hydrogen-bond donors (Lipinski definition) is 2. The Kier molecular flexibility index (Phi) is 6.00. The fourth-order valence-corrected chi connectivity index (χ4v) is 5.16. The molecule has 0 bridgehead atoms. The van der Waals surface area contributed by atoms with Gasteiger partial charge in [-0.1, -0.05) is 29.4 Å². The van der Waals surface area contributed by atoms with E-state index in [9.17, 15) is 13.2 Å². The number of nitrogens with zero attached hydrogens (tertiary/aromatic N) is 2. The summed E-state index contributed by atoms with van der Waals surface area (Å²) >= 11 is 7.93. The summed E-state index contributed by atoms with van der Waals surface area (Å²) in [4.78, 5) is 19.8. The van der Waals surface area contributed by atoms with Crippen LogP contribution in [0.1, 0.15) is 0 Å². The SMILES string of the molecule is Nc1nc(SCC(=O)Nc2ccc(Cl)cc2)ncc1S(=O)(=O)c1cccs1. The number of halogens is 1. The second kappa shape index (κ2) is 8.26. The lowest BCUT2D eigenvalue weighted by atomic mass is 10.3. The van der Waals surface area contributed by atoms with Crippen LogP contribution in [0.3, 0.4) is 0 Å². The standard InChI is InChI=1S/C16H13ClN4O3S3/c17-10-3-5-11(6-4-10)20-13(22)9-26-16-19-8-12(15(18)21-16)27(23,24)14-2-1-7-25-14/h1-8H,9H2,(H,20,22)(H2,18,19,21). The Bertz CT molecular complexity index is 1060. The second-order valence-electron chi connectivity index (χ2n) is 5.18. The van der Waals surface area contributed by atoms with Crippen LogP contribution in [0, 0.1) is 0 Å². The summed E-state index contributed by atoms with van der Waals surface area (Å²) in [5.74, 6) is -0.377. The van der Waals surface area contributed by atoms with E-state index in [0.717, 1.165) is 29.3 Å². The van der Waals surface area contributed by atoms with Crippen molar-refractivity contribution in [3.63, 3.8) is 0 Å². The highest BCUT2D eigenvalue weighted by molar-refractivity contribution is 7.99. The van der Waals surface area contributed by atoms with Crippen LogP contribution in [-0.2, 0) is 14.6 Å². The average Bonchev–Trinajstić information content (AvgIpc) is 3.17. The van der Waals surface area contributed by atoms with E-state index >= 15 is 0 Å². The second-order valence-corrected chi connectivity index (χ2v) is 9.65. The van der Waals surface area contributed by atoms with Crippen LogP contribution in [-0.4, -0.2) is 30.0 Å². The molecular weight excluding hydrogens is 428 g/mol. The van der Waals surface area contributed by atoms with Gasteiger partial charge in [-0.2, -0.15) is 0 Å². The number of hydrogen-bond acceptors (Lipinski definition) is 8. The summed E-state index contributed by atoms with van der Waals surface area (Å²) in [7, 11) is -3.75. The van der Waals surface area contributed by atoms with Gasteiger partial charge in [0, 0.05) is 10.7 Å². The number of thiophene rings is 1. The maximum atomic E-state index is 12.5. The highest BCUT2D eigenvalue weighted by Crippen LogP contribution is 2.28. The van der Waals surface area contributed by atoms with Crippen LogP contribution in [0.4, 0.5) is 11.5 Å². The Morgan fingerprint density at radius 2 is 2.00 bits per heavy atom. The third-order valence-electron chi connectivity index (χ3n) is 3.27. The first-order chi connectivity index (χ1) is 12.9. The van der Waals surface area contributed by atoms with Gasteiger partial charge in [-0.3, -0.25) is 4.79 Å². The van der Waals surface area contributed by atoms with E-state index < -0.39 is 9.84 Å². The van der Waals surface area contributed by atoms with Crippen molar-refractivity contribution in [3.8, 4) is 0 Å². The minimum Gasteiger partial charge on any atom is -0.382 e. The number of benzene rings is 1. The lowest BCUT2D eigenvalue weighted by Crippen LogP contribution is -2.14. The topological polar surface area (TPSA) is 115 Å². The molecule has 11 heteroatoms. The molecule has 1 aromatic carbocycles. The predicted octanol–water partition coefficient (Wildman–Crippen LogP) is 3.34. The number of amides is 1. The van der Waals surface area contributed by atoms with Gasteiger partial charge >= 0.3 is 0 Å². The number of sulfone groups is 1. The molecule has 0 aliphatic heterocycles. The molecule has 2 heterocycles. The van der Waals surface area contributed by atoms with Crippen LogP contribution in [0.15, 0.2) is 62.2 Å². The van der Waals surface area contributed by atoms with Gasteiger partial charge in [-0.15, -0.1) is 11.3 Å². The van der Waals surface area contributed by atoms with Gasteiger partial charge in [-0.05, 0) is 35.7 Å². The van der Waals surface area contributed by atoms with Crippen molar-refractivity contribution >= 4 is 61.9 Å². The van der Waals surface area contributed by atoms with E-state index in [1.807, 2.05) is 0 Å². The summed E-state index contributed by atoms with van der Waals surface area (Å²) in [5.41, 5.74) is 6.42. The molecule has 0 spiro atoms. The number of aromatic nitrogens is 2. The average molecular weight is 441 g/mol. The lowest BCUT2D eigenvalue weighted by molar-refractivity contribution is -0.113. The van der Waals surface area contributed by atoms with Crippen LogP contribution in [0.5, 0.6) is 0 Å². The van der Waals surface area contributed by atoms with E-state index in [0.29, 0.717) is 10.7 Å². The summed E-state index contributed by atoms with van der Waals surface area (Å²) in [6.07, 6.45) is 1.16. The molecule has 0 aliphatic carbocycles. The predicted molar refractivity (Wildman–Crippen MR) is 107 cm³/mol. The van der Waals surface area contributed by atoms with Crippen molar-refractivity contribution in [2.75, 3.05) is 16.8 Å². The highest BCUT2D eigenvalue weighted by atomic mass is 35.5. The quantitative estimate of drug-likeness (QED) is 0.446. The first-order valence-electron chi connectivity index (χ1n) is 7.45. The maximum absolute atomic E-state index is 12.5. The lowest BCUT2D eigenvalue weighted by Gasteiger charge is -2.07. The zero-order valence-electron chi connectivity index (χ0n) is 13.6. The Morgan fingerprint density at radius 3 is 2.63 bits per heavy atom. The molecule has 7 nitrogen and oxygen atoms in total. The van der Waals surface area contributed by atoms with Crippen molar-refractivity contribution in [2.45, 2.75) is 14.3 Å². The summed E-state index contributed by atoms with van der Waals surface area (Å²) < 4.78 is 25.1. The van der Waals surface area contributed by atoms with Crippen molar-refractivity contribution in [1.82, 2.24) is 9.97 Å². The zero-order chi connectivity index (χ0) is 19.4. The van der Waals surface area contributed by atoms with Crippen LogP contribution < -0.4 is 11.1 Å². The van der Waals surface area contributed by atoms with Gasteiger partial charge in [0.05, 0.1) is 11.9 Å². The van der Waals surface area contributed by atoms with Crippen molar-refractivity contribution in [1.29, 1.82) is 0 Å². The minimum atomic E-state index is -3.75. The first-order valence-corrected chi connectivity index (χ1v) is 11.2. The fourth-order valence-electron chi connectivity index (χ4n) is 2.03. The third kappa shape index (κ3) is 4.78. The first kappa shape index (κ1) is 19.6. The van der Waals surface area contributed by atoms with E-state index in [1.54, 1.807) is 35.7 Å². The number of nitrogens with two attached hydrogens (primary N) is 1. The normalized spacial score (nSPS) is 11.3. The molecule has 140 valence electrons. The number of thioether (sulfide) groups is 1.